The molecule has 0 heterocycles. The zero-order chi connectivity index (χ0) is 9.24. The highest BCUT2D eigenvalue weighted by atomic mass is 16.3. The molecule has 0 saturated heterocycles. The molecule has 3 N–H and O–H groups in total. The molecule has 2 nitrogen and oxygen atoms in total. The first-order valence-corrected chi connectivity index (χ1v) is 4.94. The number of rotatable bonds is 2. The molecule has 0 unspecified atom stereocenters. The summed E-state index contributed by atoms with van der Waals surface area (Å²) < 4.78 is 0. The Morgan fingerprint density at radius 3 is 2.17 bits per heavy atom. The summed E-state index contributed by atoms with van der Waals surface area (Å²) >= 11 is 0. The van der Waals surface area contributed by atoms with E-state index in [1.165, 1.54) is 6.42 Å². The molecule has 0 aliphatic heterocycles. The minimum atomic E-state index is -0.500. The second-order valence-corrected chi connectivity index (χ2v) is 4.68. The lowest BCUT2D eigenvalue weighted by molar-refractivity contribution is -0.0885. The van der Waals surface area contributed by atoms with Crippen molar-refractivity contribution in [2.75, 3.05) is 6.54 Å². The largest absolute Gasteiger partial charge is 0.389 e. The Kier molecular flexibility index (Phi) is 2.79. The number of nitrogens with two attached hydrogens (primary N) is 1. The van der Waals surface area contributed by atoms with Gasteiger partial charge in [0.2, 0.25) is 0 Å². The van der Waals surface area contributed by atoms with Crippen molar-refractivity contribution in [1.82, 2.24) is 0 Å². The van der Waals surface area contributed by atoms with Crippen LogP contribution in [0.15, 0.2) is 0 Å². The monoisotopic (exact) mass is 171 g/mol. The summed E-state index contributed by atoms with van der Waals surface area (Å²) in [5, 5.41) is 10.3. The summed E-state index contributed by atoms with van der Waals surface area (Å²) in [4.78, 5) is 0. The predicted molar refractivity (Wildman–Crippen MR) is 50.9 cm³/mol. The van der Waals surface area contributed by atoms with Gasteiger partial charge in [-0.2, -0.15) is 0 Å². The Labute approximate surface area is 75.2 Å². The van der Waals surface area contributed by atoms with E-state index in [0.717, 1.165) is 25.7 Å². The van der Waals surface area contributed by atoms with Crippen molar-refractivity contribution in [2.45, 2.75) is 51.6 Å². The van der Waals surface area contributed by atoms with E-state index in [2.05, 4.69) is 13.8 Å². The van der Waals surface area contributed by atoms with Crippen LogP contribution in [0.2, 0.25) is 0 Å². The summed E-state index contributed by atoms with van der Waals surface area (Å²) in [5.41, 5.74) is 5.04. The maximum atomic E-state index is 10.3. The molecular weight excluding hydrogens is 150 g/mol. The second-order valence-electron chi connectivity index (χ2n) is 4.68. The molecule has 2 heteroatoms. The van der Waals surface area contributed by atoms with E-state index in [4.69, 9.17) is 5.73 Å². The maximum absolute atomic E-state index is 10.3. The second kappa shape index (κ2) is 3.35. The van der Waals surface area contributed by atoms with E-state index in [9.17, 15) is 5.11 Å². The highest BCUT2D eigenvalue weighted by Gasteiger charge is 2.42. The summed E-state index contributed by atoms with van der Waals surface area (Å²) in [6, 6.07) is 0. The Morgan fingerprint density at radius 1 is 1.25 bits per heavy atom. The molecule has 0 radical (unpaired) electrons. The van der Waals surface area contributed by atoms with Crippen LogP contribution >= 0.6 is 0 Å². The van der Waals surface area contributed by atoms with Gasteiger partial charge in [-0.1, -0.05) is 33.1 Å². The number of hydrogen-bond acceptors (Lipinski definition) is 2. The molecule has 1 fully saturated rings. The van der Waals surface area contributed by atoms with Gasteiger partial charge in [0.05, 0.1) is 5.60 Å². The van der Waals surface area contributed by atoms with Gasteiger partial charge in [0.15, 0.2) is 0 Å². The van der Waals surface area contributed by atoms with Gasteiger partial charge in [0, 0.05) is 12.0 Å². The molecule has 1 aliphatic carbocycles. The Bertz CT molecular complexity index is 148. The van der Waals surface area contributed by atoms with Crippen molar-refractivity contribution in [1.29, 1.82) is 0 Å². The van der Waals surface area contributed by atoms with Crippen LogP contribution < -0.4 is 5.73 Å². The fourth-order valence-electron chi connectivity index (χ4n) is 2.00. The topological polar surface area (TPSA) is 46.2 Å². The molecule has 0 aromatic carbocycles. The van der Waals surface area contributed by atoms with Gasteiger partial charge in [-0.3, -0.25) is 0 Å². The first-order valence-electron chi connectivity index (χ1n) is 4.94. The molecule has 0 spiro atoms. The van der Waals surface area contributed by atoms with Crippen molar-refractivity contribution in [3.63, 3.8) is 0 Å². The molecule has 12 heavy (non-hydrogen) atoms. The SMILES string of the molecule is CC(C)(CN)C1(O)CCCCC1. The van der Waals surface area contributed by atoms with Gasteiger partial charge in [-0.05, 0) is 12.8 Å². The lowest BCUT2D eigenvalue weighted by Gasteiger charge is -2.44. The first kappa shape index (κ1) is 10.0. The minimum Gasteiger partial charge on any atom is -0.389 e. The van der Waals surface area contributed by atoms with E-state index in [1.807, 2.05) is 0 Å². The minimum absolute atomic E-state index is 0.118. The Balaban J connectivity index is 2.68. The Hall–Kier alpha value is -0.0800. The lowest BCUT2D eigenvalue weighted by Crippen LogP contribution is -2.50. The van der Waals surface area contributed by atoms with Crippen LogP contribution in [0.25, 0.3) is 0 Å². The Morgan fingerprint density at radius 2 is 1.75 bits per heavy atom. The van der Waals surface area contributed by atoms with E-state index in [0.29, 0.717) is 6.54 Å². The zero-order valence-electron chi connectivity index (χ0n) is 8.27. The molecule has 0 aromatic rings. The van der Waals surface area contributed by atoms with Crippen LogP contribution in [0.3, 0.4) is 0 Å². The normalized spacial score (nSPS) is 24.0. The average Bonchev–Trinajstić information content (AvgIpc) is 2.06. The smallest absolute Gasteiger partial charge is 0.0710 e. The first-order chi connectivity index (χ1) is 5.52. The fraction of sp³-hybridized carbons (Fsp3) is 1.00. The quantitative estimate of drug-likeness (QED) is 0.664. The molecule has 0 amide bonds. The molecule has 1 aliphatic rings. The van der Waals surface area contributed by atoms with E-state index in [1.54, 1.807) is 0 Å². The van der Waals surface area contributed by atoms with Gasteiger partial charge in [0.25, 0.3) is 0 Å². The van der Waals surface area contributed by atoms with Crippen molar-refractivity contribution in [3.8, 4) is 0 Å². The van der Waals surface area contributed by atoms with Crippen LogP contribution in [0.5, 0.6) is 0 Å². The van der Waals surface area contributed by atoms with E-state index < -0.39 is 5.60 Å². The van der Waals surface area contributed by atoms with Crippen LogP contribution in [0.1, 0.15) is 46.0 Å². The van der Waals surface area contributed by atoms with Crippen molar-refractivity contribution in [3.05, 3.63) is 0 Å². The van der Waals surface area contributed by atoms with Crippen molar-refractivity contribution < 1.29 is 5.11 Å². The number of hydrogen-bond donors (Lipinski definition) is 2. The highest BCUT2D eigenvalue weighted by molar-refractivity contribution is 4.95. The van der Waals surface area contributed by atoms with Gasteiger partial charge >= 0.3 is 0 Å². The summed E-state index contributed by atoms with van der Waals surface area (Å²) in [5.74, 6) is 0. The van der Waals surface area contributed by atoms with Gasteiger partial charge in [-0.25, -0.2) is 0 Å². The predicted octanol–water partition coefficient (Wildman–Crippen LogP) is 1.67. The fourth-order valence-corrected chi connectivity index (χ4v) is 2.00. The molecule has 0 atom stereocenters. The highest BCUT2D eigenvalue weighted by Crippen LogP contribution is 2.41. The molecule has 0 aromatic heterocycles. The average molecular weight is 171 g/mol. The molecule has 72 valence electrons. The summed E-state index contributed by atoms with van der Waals surface area (Å²) in [7, 11) is 0. The van der Waals surface area contributed by atoms with Crippen molar-refractivity contribution >= 4 is 0 Å². The molecule has 1 saturated carbocycles. The van der Waals surface area contributed by atoms with Crippen LogP contribution in [-0.4, -0.2) is 17.3 Å². The number of aliphatic hydroxyl groups is 1. The molecule has 0 bridgehead atoms. The van der Waals surface area contributed by atoms with Gasteiger partial charge in [0.1, 0.15) is 0 Å². The standard InChI is InChI=1S/C10H21NO/c1-9(2,8-11)10(12)6-4-3-5-7-10/h12H,3-8,11H2,1-2H3. The zero-order valence-corrected chi connectivity index (χ0v) is 8.27. The summed E-state index contributed by atoms with van der Waals surface area (Å²) in [6.07, 6.45) is 5.43. The van der Waals surface area contributed by atoms with E-state index >= 15 is 0 Å². The third kappa shape index (κ3) is 1.64. The molecule has 1 rings (SSSR count). The third-order valence-electron chi connectivity index (χ3n) is 3.45. The summed E-state index contributed by atoms with van der Waals surface area (Å²) in [6.45, 7) is 4.71. The van der Waals surface area contributed by atoms with Gasteiger partial charge < -0.3 is 10.8 Å². The van der Waals surface area contributed by atoms with Crippen LogP contribution in [0.4, 0.5) is 0 Å². The van der Waals surface area contributed by atoms with Crippen LogP contribution in [0, 0.1) is 5.41 Å². The van der Waals surface area contributed by atoms with Gasteiger partial charge in [-0.15, -0.1) is 0 Å². The maximum Gasteiger partial charge on any atom is 0.0710 e. The lowest BCUT2D eigenvalue weighted by atomic mass is 9.67. The third-order valence-corrected chi connectivity index (χ3v) is 3.45. The van der Waals surface area contributed by atoms with Crippen LogP contribution in [-0.2, 0) is 0 Å². The van der Waals surface area contributed by atoms with E-state index in [-0.39, 0.29) is 5.41 Å². The van der Waals surface area contributed by atoms with Crippen molar-refractivity contribution in [2.24, 2.45) is 11.1 Å². The molecular formula is C10H21NO.